The van der Waals surface area contributed by atoms with Crippen LogP contribution in [0, 0.1) is 5.41 Å². The van der Waals surface area contributed by atoms with Gasteiger partial charge >= 0.3 is 0 Å². The Morgan fingerprint density at radius 1 is 1.33 bits per heavy atom. The number of thiazole rings is 1. The molecule has 0 atom stereocenters. The number of aromatic nitrogens is 1. The first-order valence-corrected chi connectivity index (χ1v) is 5.44. The molecule has 0 saturated carbocycles. The molecule has 1 heterocycles. The van der Waals surface area contributed by atoms with Gasteiger partial charge in [0.2, 0.25) is 0 Å². The van der Waals surface area contributed by atoms with Gasteiger partial charge in [-0.05, 0) is 12.1 Å². The van der Waals surface area contributed by atoms with Crippen LogP contribution in [-0.4, -0.2) is 11.7 Å². The highest BCUT2D eigenvalue weighted by molar-refractivity contribution is 7.07. The molecule has 1 aromatic carbocycles. The second-order valence-corrected chi connectivity index (χ2v) is 4.04. The number of para-hydroxylation sites is 1. The van der Waals surface area contributed by atoms with Gasteiger partial charge in [-0.1, -0.05) is 12.1 Å². The molecule has 0 aliphatic heterocycles. The average molecular weight is 220 g/mol. The molecule has 4 heteroatoms. The van der Waals surface area contributed by atoms with E-state index >= 15 is 0 Å². The van der Waals surface area contributed by atoms with Crippen LogP contribution in [0.1, 0.15) is 0 Å². The molecule has 78 valence electrons. The van der Waals surface area contributed by atoms with Crippen molar-refractivity contribution < 1.29 is 4.74 Å². The third kappa shape index (κ3) is 1.68. The van der Waals surface area contributed by atoms with Crippen molar-refractivity contribution in [1.29, 1.82) is 5.41 Å². The number of rotatable bonds is 2. The van der Waals surface area contributed by atoms with Crippen molar-refractivity contribution in [3.05, 3.63) is 34.4 Å². The van der Waals surface area contributed by atoms with E-state index < -0.39 is 0 Å². The lowest BCUT2D eigenvalue weighted by Gasteiger charge is -2.08. The fraction of sp³-hybridized carbons (Fsp3) is 0.182. The zero-order chi connectivity index (χ0) is 10.8. The molecule has 1 N–H and O–H groups in total. The van der Waals surface area contributed by atoms with Crippen LogP contribution < -0.4 is 9.54 Å². The summed E-state index contributed by atoms with van der Waals surface area (Å²) in [5, 5.41) is 9.63. The van der Waals surface area contributed by atoms with E-state index in [1.54, 1.807) is 7.11 Å². The first kappa shape index (κ1) is 9.98. The van der Waals surface area contributed by atoms with Crippen molar-refractivity contribution in [3.63, 3.8) is 0 Å². The van der Waals surface area contributed by atoms with Gasteiger partial charge in [-0.3, -0.25) is 5.41 Å². The summed E-state index contributed by atoms with van der Waals surface area (Å²) in [6.45, 7) is 0. The van der Waals surface area contributed by atoms with Crippen LogP contribution in [0.25, 0.3) is 11.3 Å². The second kappa shape index (κ2) is 3.90. The number of hydrogen-bond acceptors (Lipinski definition) is 3. The monoisotopic (exact) mass is 220 g/mol. The van der Waals surface area contributed by atoms with E-state index in [0.717, 1.165) is 17.0 Å². The van der Waals surface area contributed by atoms with Crippen molar-refractivity contribution in [2.24, 2.45) is 7.05 Å². The SMILES string of the molecule is COc1ccccc1-c1csc(=N)n1C. The number of nitrogens with zero attached hydrogens (tertiary/aromatic N) is 1. The minimum atomic E-state index is 0.538. The molecule has 15 heavy (non-hydrogen) atoms. The lowest BCUT2D eigenvalue weighted by Crippen LogP contribution is -2.09. The molecular formula is C11H12N2OS. The Kier molecular flexibility index (Phi) is 2.60. The van der Waals surface area contributed by atoms with Crippen LogP contribution in [-0.2, 0) is 7.05 Å². The third-order valence-corrected chi connectivity index (χ3v) is 3.17. The Labute approximate surface area is 92.1 Å². The van der Waals surface area contributed by atoms with Crippen LogP contribution in [0.15, 0.2) is 29.6 Å². The highest BCUT2D eigenvalue weighted by atomic mass is 32.1. The molecular weight excluding hydrogens is 208 g/mol. The second-order valence-electron chi connectivity index (χ2n) is 3.19. The zero-order valence-electron chi connectivity index (χ0n) is 8.65. The van der Waals surface area contributed by atoms with Gasteiger partial charge in [-0.2, -0.15) is 0 Å². The summed E-state index contributed by atoms with van der Waals surface area (Å²) >= 11 is 1.42. The summed E-state index contributed by atoms with van der Waals surface area (Å²) in [7, 11) is 3.55. The summed E-state index contributed by atoms with van der Waals surface area (Å²) in [5.41, 5.74) is 2.04. The molecule has 3 nitrogen and oxygen atoms in total. The molecule has 0 amide bonds. The maximum absolute atomic E-state index is 7.66. The first-order chi connectivity index (χ1) is 7.24. The Morgan fingerprint density at radius 2 is 2.07 bits per heavy atom. The summed E-state index contributed by atoms with van der Waals surface area (Å²) in [6.07, 6.45) is 0. The summed E-state index contributed by atoms with van der Waals surface area (Å²) in [6, 6.07) is 7.84. The van der Waals surface area contributed by atoms with E-state index in [1.165, 1.54) is 11.3 Å². The van der Waals surface area contributed by atoms with Crippen LogP contribution in [0.5, 0.6) is 5.75 Å². The van der Waals surface area contributed by atoms with Gasteiger partial charge < -0.3 is 9.30 Å². The lowest BCUT2D eigenvalue weighted by molar-refractivity contribution is 0.416. The van der Waals surface area contributed by atoms with Crippen LogP contribution in [0.4, 0.5) is 0 Å². The molecule has 2 rings (SSSR count). The normalized spacial score (nSPS) is 10.3. The number of benzene rings is 1. The molecule has 0 radical (unpaired) electrons. The maximum Gasteiger partial charge on any atom is 0.182 e. The Morgan fingerprint density at radius 3 is 2.67 bits per heavy atom. The van der Waals surface area contributed by atoms with Gasteiger partial charge in [0.25, 0.3) is 0 Å². The highest BCUT2D eigenvalue weighted by Crippen LogP contribution is 2.29. The van der Waals surface area contributed by atoms with Gasteiger partial charge in [-0.15, -0.1) is 11.3 Å². The summed E-state index contributed by atoms with van der Waals surface area (Å²) in [5.74, 6) is 0.839. The van der Waals surface area contributed by atoms with Gasteiger partial charge in [0.05, 0.1) is 12.8 Å². The highest BCUT2D eigenvalue weighted by Gasteiger charge is 2.08. The molecule has 2 aromatic rings. The third-order valence-electron chi connectivity index (χ3n) is 2.33. The number of hydrogen-bond donors (Lipinski definition) is 1. The quantitative estimate of drug-likeness (QED) is 0.828. The van der Waals surface area contributed by atoms with Crippen molar-refractivity contribution in [3.8, 4) is 17.0 Å². The molecule has 0 unspecified atom stereocenters. The number of nitrogens with one attached hydrogen (secondary N) is 1. The van der Waals surface area contributed by atoms with Gasteiger partial charge in [-0.25, -0.2) is 0 Å². The van der Waals surface area contributed by atoms with Gasteiger partial charge in [0, 0.05) is 18.0 Å². The topological polar surface area (TPSA) is 38.0 Å². The van der Waals surface area contributed by atoms with E-state index in [9.17, 15) is 0 Å². The van der Waals surface area contributed by atoms with Crippen LogP contribution >= 0.6 is 11.3 Å². The van der Waals surface area contributed by atoms with Crippen LogP contribution in [0.2, 0.25) is 0 Å². The van der Waals surface area contributed by atoms with E-state index in [4.69, 9.17) is 10.1 Å². The fourth-order valence-corrected chi connectivity index (χ4v) is 2.24. The van der Waals surface area contributed by atoms with Crippen molar-refractivity contribution in [2.75, 3.05) is 7.11 Å². The number of ether oxygens (including phenoxy) is 1. The predicted molar refractivity (Wildman–Crippen MR) is 61.1 cm³/mol. The van der Waals surface area contributed by atoms with Gasteiger partial charge in [0.15, 0.2) is 4.80 Å². The van der Waals surface area contributed by atoms with Crippen molar-refractivity contribution >= 4 is 11.3 Å². The standard InChI is InChI=1S/C11H12N2OS/c1-13-9(7-15-11(13)12)8-5-3-4-6-10(8)14-2/h3-7,12H,1-2H3. The Bertz CT molecular complexity index is 527. The molecule has 0 aliphatic carbocycles. The molecule has 0 saturated heterocycles. The maximum atomic E-state index is 7.66. The Hall–Kier alpha value is -1.55. The van der Waals surface area contributed by atoms with Crippen molar-refractivity contribution in [2.45, 2.75) is 0 Å². The molecule has 0 spiro atoms. The van der Waals surface area contributed by atoms with E-state index in [0.29, 0.717) is 4.80 Å². The van der Waals surface area contributed by atoms with Crippen LogP contribution in [0.3, 0.4) is 0 Å². The van der Waals surface area contributed by atoms with Gasteiger partial charge in [0.1, 0.15) is 5.75 Å². The first-order valence-electron chi connectivity index (χ1n) is 4.56. The summed E-state index contributed by atoms with van der Waals surface area (Å²) < 4.78 is 7.14. The lowest BCUT2D eigenvalue weighted by atomic mass is 10.1. The molecule has 0 fully saturated rings. The smallest absolute Gasteiger partial charge is 0.182 e. The minimum absolute atomic E-state index is 0.538. The average Bonchev–Trinajstić information content (AvgIpc) is 2.60. The van der Waals surface area contributed by atoms with E-state index in [2.05, 4.69) is 0 Å². The minimum Gasteiger partial charge on any atom is -0.496 e. The molecule has 1 aromatic heterocycles. The van der Waals surface area contributed by atoms with E-state index in [-0.39, 0.29) is 0 Å². The Balaban J connectivity index is 2.63. The predicted octanol–water partition coefficient (Wildman–Crippen LogP) is 2.24. The van der Waals surface area contributed by atoms with E-state index in [1.807, 2.05) is 41.3 Å². The fourth-order valence-electron chi connectivity index (χ4n) is 1.48. The van der Waals surface area contributed by atoms with Crippen molar-refractivity contribution in [1.82, 2.24) is 4.57 Å². The number of methoxy groups -OCH3 is 1. The zero-order valence-corrected chi connectivity index (χ0v) is 9.47. The largest absolute Gasteiger partial charge is 0.496 e. The molecule has 0 bridgehead atoms. The summed E-state index contributed by atoms with van der Waals surface area (Å²) in [4.78, 5) is 0.538. The molecule has 0 aliphatic rings.